The molecule has 2 aromatic rings. The number of carbonyl (C=O) groups is 2. The zero-order chi connectivity index (χ0) is 16.1. The molecule has 0 atom stereocenters. The molecule has 1 N–H and O–H groups in total. The summed E-state index contributed by atoms with van der Waals surface area (Å²) < 4.78 is 12.8. The molecular weight excluding hydrogens is 307 g/mol. The number of rotatable bonds is 4. The van der Waals surface area contributed by atoms with E-state index in [1.54, 1.807) is 24.3 Å². The Morgan fingerprint density at radius 1 is 1.18 bits per heavy atom. The molecule has 0 saturated heterocycles. The van der Waals surface area contributed by atoms with E-state index in [4.69, 9.17) is 11.6 Å². The van der Waals surface area contributed by atoms with E-state index in [1.807, 2.05) is 0 Å². The predicted molar refractivity (Wildman–Crippen MR) is 84.5 cm³/mol. The minimum Gasteiger partial charge on any atom is -0.325 e. The fourth-order valence-electron chi connectivity index (χ4n) is 1.91. The van der Waals surface area contributed by atoms with Gasteiger partial charge in [-0.05, 0) is 42.5 Å². The van der Waals surface area contributed by atoms with Crippen molar-refractivity contribution in [2.24, 2.45) is 0 Å². The van der Waals surface area contributed by atoms with E-state index in [9.17, 15) is 14.0 Å². The van der Waals surface area contributed by atoms with E-state index in [2.05, 4.69) is 5.32 Å². The van der Waals surface area contributed by atoms with E-state index in [-0.39, 0.29) is 24.2 Å². The normalized spacial score (nSPS) is 10.1. The van der Waals surface area contributed by atoms with Crippen molar-refractivity contribution in [2.75, 3.05) is 16.8 Å². The van der Waals surface area contributed by atoms with Gasteiger partial charge in [0.15, 0.2) is 0 Å². The average Bonchev–Trinajstić information content (AvgIpc) is 2.47. The van der Waals surface area contributed by atoms with Crippen LogP contribution in [0.2, 0.25) is 5.02 Å². The van der Waals surface area contributed by atoms with E-state index < -0.39 is 0 Å². The van der Waals surface area contributed by atoms with Crippen LogP contribution in [-0.4, -0.2) is 18.4 Å². The van der Waals surface area contributed by atoms with Gasteiger partial charge in [-0.3, -0.25) is 9.59 Å². The molecule has 2 rings (SSSR count). The van der Waals surface area contributed by atoms with E-state index in [0.717, 1.165) is 0 Å². The molecular formula is C16H14ClFN2O2. The second-order valence-corrected chi connectivity index (χ2v) is 5.08. The Morgan fingerprint density at radius 3 is 2.45 bits per heavy atom. The monoisotopic (exact) mass is 320 g/mol. The summed E-state index contributed by atoms with van der Waals surface area (Å²) >= 11 is 5.90. The highest BCUT2D eigenvalue weighted by molar-refractivity contribution is 6.31. The van der Waals surface area contributed by atoms with Crippen LogP contribution < -0.4 is 10.2 Å². The number of anilines is 2. The minimum absolute atomic E-state index is 0.160. The zero-order valence-corrected chi connectivity index (χ0v) is 12.6. The first kappa shape index (κ1) is 16.0. The van der Waals surface area contributed by atoms with Gasteiger partial charge in [-0.1, -0.05) is 17.7 Å². The molecule has 0 radical (unpaired) electrons. The highest BCUT2D eigenvalue weighted by Crippen LogP contribution is 2.19. The molecule has 2 aromatic carbocycles. The van der Waals surface area contributed by atoms with Gasteiger partial charge in [-0.2, -0.15) is 0 Å². The lowest BCUT2D eigenvalue weighted by atomic mass is 10.2. The lowest BCUT2D eigenvalue weighted by Crippen LogP contribution is -2.36. The Balaban J connectivity index is 2.09. The molecule has 0 aliphatic carbocycles. The molecule has 0 spiro atoms. The summed E-state index contributed by atoms with van der Waals surface area (Å²) in [5.74, 6) is -1.06. The Morgan fingerprint density at radius 2 is 1.86 bits per heavy atom. The lowest BCUT2D eigenvalue weighted by molar-refractivity contribution is -0.120. The van der Waals surface area contributed by atoms with Gasteiger partial charge in [-0.15, -0.1) is 0 Å². The van der Waals surface area contributed by atoms with Crippen LogP contribution in [0.5, 0.6) is 0 Å². The van der Waals surface area contributed by atoms with Gasteiger partial charge >= 0.3 is 0 Å². The van der Waals surface area contributed by atoms with Crippen LogP contribution in [0, 0.1) is 5.82 Å². The largest absolute Gasteiger partial charge is 0.325 e. The first-order valence-corrected chi connectivity index (χ1v) is 6.92. The van der Waals surface area contributed by atoms with Crippen LogP contribution in [0.4, 0.5) is 15.8 Å². The summed E-state index contributed by atoms with van der Waals surface area (Å²) in [6.07, 6.45) is 0. The van der Waals surface area contributed by atoms with Crippen LogP contribution in [0.3, 0.4) is 0 Å². The fourth-order valence-corrected chi connectivity index (χ4v) is 2.09. The number of amides is 2. The van der Waals surface area contributed by atoms with Gasteiger partial charge in [0.25, 0.3) is 0 Å². The molecule has 0 aliphatic rings. The lowest BCUT2D eigenvalue weighted by Gasteiger charge is -2.20. The first-order valence-electron chi connectivity index (χ1n) is 6.55. The van der Waals surface area contributed by atoms with Gasteiger partial charge in [-0.25, -0.2) is 4.39 Å². The maximum absolute atomic E-state index is 12.8. The Kier molecular flexibility index (Phi) is 5.12. The number of nitrogens with zero attached hydrogens (tertiary/aromatic N) is 1. The second kappa shape index (κ2) is 7.04. The summed E-state index contributed by atoms with van der Waals surface area (Å²) in [6.45, 7) is 1.21. The molecule has 0 aromatic heterocycles. The van der Waals surface area contributed by atoms with Gasteiger partial charge in [0.1, 0.15) is 12.4 Å². The van der Waals surface area contributed by atoms with Crippen LogP contribution >= 0.6 is 11.6 Å². The molecule has 0 bridgehead atoms. The van der Waals surface area contributed by atoms with Crippen molar-refractivity contribution < 1.29 is 14.0 Å². The quantitative estimate of drug-likeness (QED) is 0.937. The Labute approximate surface area is 132 Å². The second-order valence-electron chi connectivity index (χ2n) is 4.64. The Hall–Kier alpha value is -2.40. The first-order chi connectivity index (χ1) is 10.5. The van der Waals surface area contributed by atoms with Crippen LogP contribution in [-0.2, 0) is 9.59 Å². The third kappa shape index (κ3) is 4.30. The topological polar surface area (TPSA) is 49.4 Å². The van der Waals surface area contributed by atoms with Crippen molar-refractivity contribution in [3.8, 4) is 0 Å². The molecule has 4 nitrogen and oxygen atoms in total. The maximum atomic E-state index is 12.8. The van der Waals surface area contributed by atoms with Crippen molar-refractivity contribution in [1.82, 2.24) is 0 Å². The molecule has 6 heteroatoms. The number of benzene rings is 2. The number of nitrogens with one attached hydrogen (secondary N) is 1. The molecule has 114 valence electrons. The van der Waals surface area contributed by atoms with Gasteiger partial charge in [0.2, 0.25) is 11.8 Å². The SMILES string of the molecule is CC(=O)N(CC(=O)Nc1ccc(F)cc1)c1cccc(Cl)c1. The molecule has 22 heavy (non-hydrogen) atoms. The summed E-state index contributed by atoms with van der Waals surface area (Å²) in [5.41, 5.74) is 0.996. The van der Waals surface area contributed by atoms with E-state index >= 15 is 0 Å². The summed E-state index contributed by atoms with van der Waals surface area (Å²) in [5, 5.41) is 3.08. The number of halogens is 2. The van der Waals surface area contributed by atoms with Gasteiger partial charge < -0.3 is 10.2 Å². The third-order valence-electron chi connectivity index (χ3n) is 2.93. The molecule has 0 saturated carbocycles. The predicted octanol–water partition coefficient (Wildman–Crippen LogP) is 3.47. The smallest absolute Gasteiger partial charge is 0.244 e. The highest BCUT2D eigenvalue weighted by atomic mass is 35.5. The van der Waals surface area contributed by atoms with Crippen LogP contribution in [0.25, 0.3) is 0 Å². The zero-order valence-electron chi connectivity index (χ0n) is 11.8. The number of carbonyl (C=O) groups excluding carboxylic acids is 2. The third-order valence-corrected chi connectivity index (χ3v) is 3.16. The van der Waals surface area contributed by atoms with Crippen molar-refractivity contribution in [2.45, 2.75) is 6.92 Å². The van der Waals surface area contributed by atoms with Crippen LogP contribution in [0.1, 0.15) is 6.92 Å². The Bertz CT molecular complexity index is 689. The van der Waals surface area contributed by atoms with E-state index in [0.29, 0.717) is 16.4 Å². The number of hydrogen-bond acceptors (Lipinski definition) is 2. The minimum atomic E-state index is -0.387. The highest BCUT2D eigenvalue weighted by Gasteiger charge is 2.16. The van der Waals surface area contributed by atoms with Crippen molar-refractivity contribution >= 4 is 34.8 Å². The molecule has 0 fully saturated rings. The van der Waals surface area contributed by atoms with E-state index in [1.165, 1.54) is 36.1 Å². The molecule has 2 amide bonds. The standard InChI is InChI=1S/C16H14ClFN2O2/c1-11(21)20(15-4-2-3-12(17)9-15)10-16(22)19-14-7-5-13(18)6-8-14/h2-9H,10H2,1H3,(H,19,22). The van der Waals surface area contributed by atoms with Crippen LogP contribution in [0.15, 0.2) is 48.5 Å². The van der Waals surface area contributed by atoms with Gasteiger partial charge in [0, 0.05) is 23.3 Å². The average molecular weight is 321 g/mol. The number of hydrogen-bond donors (Lipinski definition) is 1. The summed E-state index contributed by atoms with van der Waals surface area (Å²) in [7, 11) is 0. The molecule has 0 aliphatic heterocycles. The molecule has 0 heterocycles. The summed E-state index contributed by atoms with van der Waals surface area (Å²) in [6, 6.07) is 12.1. The summed E-state index contributed by atoms with van der Waals surface area (Å²) in [4.78, 5) is 25.1. The van der Waals surface area contributed by atoms with Gasteiger partial charge in [0.05, 0.1) is 0 Å². The maximum Gasteiger partial charge on any atom is 0.244 e. The van der Waals surface area contributed by atoms with Crippen molar-refractivity contribution in [1.29, 1.82) is 0 Å². The van der Waals surface area contributed by atoms with Crippen molar-refractivity contribution in [3.05, 3.63) is 59.4 Å². The molecule has 0 unspecified atom stereocenters. The fraction of sp³-hybridized carbons (Fsp3) is 0.125. The van der Waals surface area contributed by atoms with Crippen molar-refractivity contribution in [3.63, 3.8) is 0 Å².